The third kappa shape index (κ3) is 13.3. The molecule has 0 aliphatic rings. The van der Waals surface area contributed by atoms with Crippen LogP contribution in [0.2, 0.25) is 6.55 Å². The minimum absolute atomic E-state index is 0.681. The average molecular weight is 315 g/mol. The Hall–Kier alpha value is -0.123. The molecule has 0 radical (unpaired) electrons. The van der Waals surface area contributed by atoms with E-state index >= 15 is 0 Å². The lowest BCUT2D eigenvalue weighted by Crippen LogP contribution is -2.37. The molecule has 0 heterocycles. The Labute approximate surface area is 134 Å². The first-order chi connectivity index (χ1) is 10.0. The van der Waals surface area contributed by atoms with Crippen LogP contribution in [0.25, 0.3) is 0 Å². The molecule has 2 nitrogen and oxygen atoms in total. The van der Waals surface area contributed by atoms with Gasteiger partial charge < -0.3 is 8.85 Å². The van der Waals surface area contributed by atoms with Gasteiger partial charge in [-0.1, -0.05) is 65.7 Å². The van der Waals surface area contributed by atoms with E-state index in [1.165, 1.54) is 44.9 Å². The van der Waals surface area contributed by atoms with Crippen LogP contribution < -0.4 is 0 Å². The number of rotatable bonds is 15. The summed E-state index contributed by atoms with van der Waals surface area (Å²) in [7, 11) is -2.11. The fourth-order valence-electron chi connectivity index (χ4n) is 2.17. The summed E-state index contributed by atoms with van der Waals surface area (Å²) in [6.45, 7) is 14.3. The van der Waals surface area contributed by atoms with Gasteiger partial charge in [0.1, 0.15) is 0 Å². The maximum atomic E-state index is 6.00. The Kier molecular flexibility index (Phi) is 13.5. The van der Waals surface area contributed by atoms with Gasteiger partial charge in [0.25, 0.3) is 0 Å². The number of hydrogen-bond acceptors (Lipinski definition) is 2. The van der Waals surface area contributed by atoms with Crippen molar-refractivity contribution in [2.24, 2.45) is 5.92 Å². The molecule has 0 saturated heterocycles. The Morgan fingerprint density at radius 2 is 1.43 bits per heavy atom. The SMILES string of the molecule is C=C[Si](C)(OCCCCCCCCCC)OCCC(C)C. The average Bonchev–Trinajstić information content (AvgIpc) is 2.45. The number of unbranched alkanes of at least 4 members (excludes halogenated alkanes) is 7. The van der Waals surface area contributed by atoms with Crippen LogP contribution in [-0.4, -0.2) is 21.8 Å². The van der Waals surface area contributed by atoms with Crippen LogP contribution in [-0.2, 0) is 8.85 Å². The van der Waals surface area contributed by atoms with E-state index in [4.69, 9.17) is 8.85 Å². The van der Waals surface area contributed by atoms with E-state index in [9.17, 15) is 0 Å². The van der Waals surface area contributed by atoms with Crippen molar-refractivity contribution in [3.63, 3.8) is 0 Å². The van der Waals surface area contributed by atoms with Gasteiger partial charge in [0, 0.05) is 13.2 Å². The van der Waals surface area contributed by atoms with E-state index in [2.05, 4.69) is 33.9 Å². The lowest BCUT2D eigenvalue weighted by molar-refractivity contribution is 0.173. The fraction of sp³-hybridized carbons (Fsp3) is 0.889. The molecule has 0 N–H and O–H groups in total. The highest BCUT2D eigenvalue weighted by molar-refractivity contribution is 6.71. The van der Waals surface area contributed by atoms with Crippen LogP contribution >= 0.6 is 0 Å². The first-order valence-corrected chi connectivity index (χ1v) is 11.3. The molecule has 21 heavy (non-hydrogen) atoms. The summed E-state index contributed by atoms with van der Waals surface area (Å²) >= 11 is 0. The summed E-state index contributed by atoms with van der Waals surface area (Å²) < 4.78 is 12.0. The van der Waals surface area contributed by atoms with Crippen molar-refractivity contribution >= 4 is 8.56 Å². The monoisotopic (exact) mass is 314 g/mol. The van der Waals surface area contributed by atoms with Gasteiger partial charge in [-0.2, -0.15) is 0 Å². The summed E-state index contributed by atoms with van der Waals surface area (Å²) in [5, 5.41) is 0. The second-order valence-electron chi connectivity index (χ2n) is 6.57. The summed E-state index contributed by atoms with van der Waals surface area (Å²) in [5.41, 5.74) is 1.91. The molecule has 0 saturated carbocycles. The summed E-state index contributed by atoms with van der Waals surface area (Å²) in [6.07, 6.45) is 11.8. The van der Waals surface area contributed by atoms with Crippen LogP contribution in [0, 0.1) is 5.92 Å². The second-order valence-corrected chi connectivity index (χ2v) is 9.59. The van der Waals surface area contributed by atoms with E-state index in [1.54, 1.807) is 0 Å². The molecule has 0 rings (SSSR count). The Bertz CT molecular complexity index is 243. The molecule has 0 aromatic heterocycles. The van der Waals surface area contributed by atoms with Crippen LogP contribution in [0.15, 0.2) is 12.3 Å². The normalized spacial score (nSPS) is 14.3. The van der Waals surface area contributed by atoms with E-state index < -0.39 is 8.56 Å². The van der Waals surface area contributed by atoms with Crippen molar-refractivity contribution in [1.29, 1.82) is 0 Å². The zero-order valence-electron chi connectivity index (χ0n) is 15.0. The molecule has 0 spiro atoms. The quantitative estimate of drug-likeness (QED) is 0.272. The molecule has 0 fully saturated rings. The molecule has 0 aromatic rings. The van der Waals surface area contributed by atoms with E-state index in [-0.39, 0.29) is 0 Å². The molecule has 0 aromatic carbocycles. The van der Waals surface area contributed by atoms with Gasteiger partial charge >= 0.3 is 8.56 Å². The highest BCUT2D eigenvalue weighted by atomic mass is 28.4. The molecular formula is C18H38O2Si. The van der Waals surface area contributed by atoms with Crippen molar-refractivity contribution < 1.29 is 8.85 Å². The van der Waals surface area contributed by atoms with E-state index in [1.807, 2.05) is 5.70 Å². The highest BCUT2D eigenvalue weighted by Gasteiger charge is 2.27. The van der Waals surface area contributed by atoms with E-state index in [0.29, 0.717) is 5.92 Å². The summed E-state index contributed by atoms with van der Waals surface area (Å²) in [6, 6.07) is 0. The predicted octanol–water partition coefficient (Wildman–Crippen LogP) is 6.00. The van der Waals surface area contributed by atoms with Crippen LogP contribution in [0.3, 0.4) is 0 Å². The standard InChI is InChI=1S/C18H38O2Si/c1-6-8-9-10-11-12-13-14-16-19-21(5,7-2)20-17-15-18(3)4/h7,18H,2,6,8-17H2,1,3-5H3. The van der Waals surface area contributed by atoms with Gasteiger partial charge in [-0.05, 0) is 31.0 Å². The van der Waals surface area contributed by atoms with Gasteiger partial charge in [0.05, 0.1) is 0 Å². The first-order valence-electron chi connectivity index (χ1n) is 8.95. The van der Waals surface area contributed by atoms with Crippen molar-refractivity contribution in [3.8, 4) is 0 Å². The second kappa shape index (κ2) is 13.5. The zero-order chi connectivity index (χ0) is 16.0. The largest absolute Gasteiger partial charge is 0.391 e. The van der Waals surface area contributed by atoms with E-state index in [0.717, 1.165) is 26.1 Å². The molecule has 126 valence electrons. The number of hydrogen-bond donors (Lipinski definition) is 0. The lowest BCUT2D eigenvalue weighted by atomic mass is 10.1. The maximum Gasteiger partial charge on any atom is 0.361 e. The Balaban J connectivity index is 3.55. The molecule has 0 bridgehead atoms. The predicted molar refractivity (Wildman–Crippen MR) is 95.8 cm³/mol. The maximum absolute atomic E-state index is 6.00. The smallest absolute Gasteiger partial charge is 0.361 e. The Morgan fingerprint density at radius 1 is 0.905 bits per heavy atom. The Morgan fingerprint density at radius 3 is 1.95 bits per heavy atom. The van der Waals surface area contributed by atoms with Crippen LogP contribution in [0.1, 0.15) is 78.6 Å². The van der Waals surface area contributed by atoms with Crippen molar-refractivity contribution in [3.05, 3.63) is 12.3 Å². The zero-order valence-corrected chi connectivity index (χ0v) is 16.0. The summed E-state index contributed by atoms with van der Waals surface area (Å²) in [4.78, 5) is 0. The van der Waals surface area contributed by atoms with Gasteiger partial charge in [-0.3, -0.25) is 0 Å². The minimum Gasteiger partial charge on any atom is -0.391 e. The summed E-state index contributed by atoms with van der Waals surface area (Å²) in [5.74, 6) is 0.681. The molecule has 1 unspecified atom stereocenters. The molecular weight excluding hydrogens is 276 g/mol. The topological polar surface area (TPSA) is 18.5 Å². The molecule has 0 aliphatic heterocycles. The molecule has 3 heteroatoms. The molecule has 0 aliphatic carbocycles. The highest BCUT2D eigenvalue weighted by Crippen LogP contribution is 2.13. The third-order valence-electron chi connectivity index (χ3n) is 3.84. The van der Waals surface area contributed by atoms with Crippen molar-refractivity contribution in [1.82, 2.24) is 0 Å². The van der Waals surface area contributed by atoms with Gasteiger partial charge in [0.2, 0.25) is 0 Å². The first kappa shape index (κ1) is 20.9. The lowest BCUT2D eigenvalue weighted by Gasteiger charge is -2.24. The van der Waals surface area contributed by atoms with Gasteiger partial charge in [-0.25, -0.2) is 0 Å². The third-order valence-corrected chi connectivity index (χ3v) is 6.14. The van der Waals surface area contributed by atoms with Crippen molar-refractivity contribution in [2.45, 2.75) is 85.1 Å². The van der Waals surface area contributed by atoms with Crippen LogP contribution in [0.5, 0.6) is 0 Å². The molecule has 0 amide bonds. The fourth-order valence-corrected chi connectivity index (χ4v) is 3.56. The minimum atomic E-state index is -2.11. The van der Waals surface area contributed by atoms with Gasteiger partial charge in [0.15, 0.2) is 0 Å². The van der Waals surface area contributed by atoms with Crippen LogP contribution in [0.4, 0.5) is 0 Å². The van der Waals surface area contributed by atoms with Crippen molar-refractivity contribution in [2.75, 3.05) is 13.2 Å². The van der Waals surface area contributed by atoms with Gasteiger partial charge in [-0.15, -0.1) is 6.58 Å². The molecule has 1 atom stereocenters.